The second kappa shape index (κ2) is 6.84. The molecule has 2 aromatic rings. The summed E-state index contributed by atoms with van der Waals surface area (Å²) < 4.78 is 12.9. The van der Waals surface area contributed by atoms with Crippen LogP contribution in [0, 0.1) is 5.82 Å². The average Bonchev–Trinajstić information content (AvgIpc) is 2.51. The number of nitrogens with zero attached hydrogens (tertiary/aromatic N) is 4. The first-order chi connectivity index (χ1) is 11.1. The van der Waals surface area contributed by atoms with Crippen LogP contribution < -0.4 is 11.1 Å². The van der Waals surface area contributed by atoms with Crippen LogP contribution in [-0.4, -0.2) is 44.2 Å². The van der Waals surface area contributed by atoms with E-state index in [1.165, 1.54) is 12.1 Å². The number of hydrogen-bond acceptors (Lipinski definition) is 7. The molecule has 0 unspecified atom stereocenters. The molecule has 122 valence electrons. The third-order valence-electron chi connectivity index (χ3n) is 3.72. The quantitative estimate of drug-likeness (QED) is 0.781. The van der Waals surface area contributed by atoms with Crippen molar-refractivity contribution in [3.05, 3.63) is 35.9 Å². The summed E-state index contributed by atoms with van der Waals surface area (Å²) in [6, 6.07) is 5.90. The Bertz CT molecular complexity index is 658. The highest BCUT2D eigenvalue weighted by molar-refractivity contribution is 5.53. The van der Waals surface area contributed by atoms with Crippen molar-refractivity contribution in [1.29, 1.82) is 0 Å². The number of anilines is 3. The minimum absolute atomic E-state index is 0.136. The van der Waals surface area contributed by atoms with Gasteiger partial charge in [-0.1, -0.05) is 0 Å². The van der Waals surface area contributed by atoms with Gasteiger partial charge in [0.15, 0.2) is 0 Å². The smallest absolute Gasteiger partial charge is 0.232 e. The molecule has 0 spiro atoms. The van der Waals surface area contributed by atoms with Gasteiger partial charge in [-0.3, -0.25) is 4.90 Å². The van der Waals surface area contributed by atoms with Crippen LogP contribution in [0.4, 0.5) is 22.0 Å². The van der Waals surface area contributed by atoms with Gasteiger partial charge in [-0.25, -0.2) is 4.39 Å². The third-order valence-corrected chi connectivity index (χ3v) is 3.72. The number of aliphatic hydroxyl groups excluding tert-OH is 1. The van der Waals surface area contributed by atoms with E-state index in [-0.39, 0.29) is 17.9 Å². The summed E-state index contributed by atoms with van der Waals surface area (Å²) in [5, 5.41) is 12.5. The number of nitrogens with one attached hydrogen (secondary N) is 1. The number of nitrogen functional groups attached to an aromatic ring is 1. The summed E-state index contributed by atoms with van der Waals surface area (Å²) in [5.74, 6) is 0.727. The summed E-state index contributed by atoms with van der Waals surface area (Å²) in [7, 11) is 0. The zero-order valence-electron chi connectivity index (χ0n) is 12.6. The van der Waals surface area contributed by atoms with E-state index < -0.39 is 0 Å². The molecule has 3 rings (SSSR count). The molecule has 1 fully saturated rings. The van der Waals surface area contributed by atoms with Crippen molar-refractivity contribution in [3.63, 3.8) is 0 Å². The van der Waals surface area contributed by atoms with Crippen LogP contribution >= 0.6 is 0 Å². The Labute approximate surface area is 133 Å². The van der Waals surface area contributed by atoms with Gasteiger partial charge in [-0.05, 0) is 37.1 Å². The van der Waals surface area contributed by atoms with Crippen molar-refractivity contribution in [3.8, 4) is 0 Å². The maximum Gasteiger partial charge on any atom is 0.232 e. The van der Waals surface area contributed by atoms with E-state index in [0.29, 0.717) is 24.0 Å². The summed E-state index contributed by atoms with van der Waals surface area (Å²) in [4.78, 5) is 14.7. The number of piperidine rings is 1. The number of aliphatic hydroxyl groups is 1. The second-order valence-corrected chi connectivity index (χ2v) is 5.57. The van der Waals surface area contributed by atoms with Gasteiger partial charge in [0.05, 0.1) is 12.6 Å². The largest absolute Gasteiger partial charge is 0.393 e. The normalized spacial score (nSPS) is 16.4. The molecule has 7 nitrogen and oxygen atoms in total. The van der Waals surface area contributed by atoms with E-state index in [2.05, 4.69) is 25.2 Å². The van der Waals surface area contributed by atoms with Gasteiger partial charge >= 0.3 is 0 Å². The van der Waals surface area contributed by atoms with Crippen molar-refractivity contribution in [2.45, 2.75) is 25.5 Å². The van der Waals surface area contributed by atoms with E-state index in [1.54, 1.807) is 12.1 Å². The third kappa shape index (κ3) is 4.33. The van der Waals surface area contributed by atoms with Gasteiger partial charge in [0.25, 0.3) is 0 Å². The molecule has 0 bridgehead atoms. The molecule has 0 atom stereocenters. The highest BCUT2D eigenvalue weighted by Crippen LogP contribution is 2.16. The SMILES string of the molecule is Nc1nc(CN2CCC(O)CC2)nc(Nc2ccc(F)cc2)n1. The molecule has 1 aliphatic heterocycles. The highest BCUT2D eigenvalue weighted by Gasteiger charge is 2.18. The van der Waals surface area contributed by atoms with E-state index in [4.69, 9.17) is 5.73 Å². The topological polar surface area (TPSA) is 100 Å². The first kappa shape index (κ1) is 15.6. The number of hydrogen-bond donors (Lipinski definition) is 3. The van der Waals surface area contributed by atoms with E-state index in [0.717, 1.165) is 25.9 Å². The Kier molecular flexibility index (Phi) is 4.63. The molecule has 1 aromatic carbocycles. The lowest BCUT2D eigenvalue weighted by atomic mass is 10.1. The molecular weight excluding hydrogens is 299 g/mol. The van der Waals surface area contributed by atoms with Gasteiger partial charge in [-0.15, -0.1) is 0 Å². The fraction of sp³-hybridized carbons (Fsp3) is 0.400. The minimum atomic E-state index is -0.307. The van der Waals surface area contributed by atoms with E-state index >= 15 is 0 Å². The molecule has 0 saturated carbocycles. The summed E-state index contributed by atoms with van der Waals surface area (Å²) in [6.07, 6.45) is 1.29. The van der Waals surface area contributed by atoms with Crippen LogP contribution in [-0.2, 0) is 6.54 Å². The van der Waals surface area contributed by atoms with E-state index in [1.807, 2.05) is 0 Å². The monoisotopic (exact) mass is 318 g/mol. The van der Waals surface area contributed by atoms with Crippen molar-refractivity contribution in [2.75, 3.05) is 24.1 Å². The zero-order valence-corrected chi connectivity index (χ0v) is 12.6. The van der Waals surface area contributed by atoms with Crippen LogP contribution in [0.3, 0.4) is 0 Å². The molecule has 1 saturated heterocycles. The van der Waals surface area contributed by atoms with Crippen LogP contribution in [0.15, 0.2) is 24.3 Å². The lowest BCUT2D eigenvalue weighted by molar-refractivity contribution is 0.0780. The summed E-state index contributed by atoms with van der Waals surface area (Å²) in [5.41, 5.74) is 6.41. The summed E-state index contributed by atoms with van der Waals surface area (Å²) in [6.45, 7) is 2.15. The minimum Gasteiger partial charge on any atom is -0.393 e. The Morgan fingerprint density at radius 1 is 1.17 bits per heavy atom. The molecule has 0 amide bonds. The molecule has 8 heteroatoms. The Hall–Kier alpha value is -2.32. The molecule has 1 aliphatic rings. The van der Waals surface area contributed by atoms with E-state index in [9.17, 15) is 9.50 Å². The predicted octanol–water partition coefficient (Wildman–Crippen LogP) is 1.29. The number of likely N-dealkylation sites (tertiary alicyclic amines) is 1. The van der Waals surface area contributed by atoms with Crippen LogP contribution in [0.1, 0.15) is 18.7 Å². The summed E-state index contributed by atoms with van der Waals surface area (Å²) >= 11 is 0. The Morgan fingerprint density at radius 3 is 2.57 bits per heavy atom. The van der Waals surface area contributed by atoms with Crippen molar-refractivity contribution in [1.82, 2.24) is 19.9 Å². The Balaban J connectivity index is 1.70. The molecule has 0 aliphatic carbocycles. The zero-order chi connectivity index (χ0) is 16.2. The number of rotatable bonds is 4. The second-order valence-electron chi connectivity index (χ2n) is 5.57. The average molecular weight is 318 g/mol. The van der Waals surface area contributed by atoms with Crippen LogP contribution in [0.5, 0.6) is 0 Å². The molecule has 4 N–H and O–H groups in total. The molecule has 23 heavy (non-hydrogen) atoms. The number of benzene rings is 1. The molecule has 1 aromatic heterocycles. The highest BCUT2D eigenvalue weighted by atomic mass is 19.1. The van der Waals surface area contributed by atoms with Gasteiger partial charge in [0, 0.05) is 18.8 Å². The van der Waals surface area contributed by atoms with Crippen molar-refractivity contribution in [2.24, 2.45) is 0 Å². The van der Waals surface area contributed by atoms with Gasteiger partial charge in [0.1, 0.15) is 11.6 Å². The van der Waals surface area contributed by atoms with Crippen LogP contribution in [0.25, 0.3) is 0 Å². The standard InChI is InChI=1S/C15H19FN6O/c16-10-1-3-11(4-2-10)18-15-20-13(19-14(17)21-15)9-22-7-5-12(23)6-8-22/h1-4,12,23H,5-9H2,(H3,17,18,19,20,21). The van der Waals surface area contributed by atoms with Gasteiger partial charge in [0.2, 0.25) is 11.9 Å². The molecule has 0 radical (unpaired) electrons. The first-order valence-electron chi connectivity index (χ1n) is 7.52. The Morgan fingerprint density at radius 2 is 1.87 bits per heavy atom. The maximum absolute atomic E-state index is 12.9. The van der Waals surface area contributed by atoms with Gasteiger partial charge in [-0.2, -0.15) is 15.0 Å². The lowest BCUT2D eigenvalue weighted by Gasteiger charge is -2.28. The number of nitrogens with two attached hydrogens (primary N) is 1. The fourth-order valence-electron chi connectivity index (χ4n) is 2.50. The first-order valence-corrected chi connectivity index (χ1v) is 7.52. The van der Waals surface area contributed by atoms with Gasteiger partial charge < -0.3 is 16.2 Å². The lowest BCUT2D eigenvalue weighted by Crippen LogP contribution is -2.35. The predicted molar refractivity (Wildman–Crippen MR) is 84.4 cm³/mol. The fourth-order valence-corrected chi connectivity index (χ4v) is 2.50. The number of halogens is 1. The van der Waals surface area contributed by atoms with Crippen molar-refractivity contribution < 1.29 is 9.50 Å². The molecular formula is C15H19FN6O. The van der Waals surface area contributed by atoms with Crippen molar-refractivity contribution >= 4 is 17.6 Å². The number of aromatic nitrogens is 3. The molecule has 2 heterocycles. The van der Waals surface area contributed by atoms with Crippen LogP contribution in [0.2, 0.25) is 0 Å². The maximum atomic E-state index is 12.9.